The lowest BCUT2D eigenvalue weighted by Gasteiger charge is -2.28. The van der Waals surface area contributed by atoms with Crippen molar-refractivity contribution < 1.29 is 0 Å². The Hall–Kier alpha value is -0.460. The van der Waals surface area contributed by atoms with Gasteiger partial charge in [0.1, 0.15) is 0 Å². The molecule has 2 atom stereocenters. The van der Waals surface area contributed by atoms with E-state index in [9.17, 15) is 0 Å². The summed E-state index contributed by atoms with van der Waals surface area (Å²) in [5.74, 6) is 1.55. The highest BCUT2D eigenvalue weighted by Gasteiger charge is 2.21. The largest absolute Gasteiger partial charge is 0.264 e. The van der Waals surface area contributed by atoms with Gasteiger partial charge in [0.25, 0.3) is 0 Å². The first-order valence-corrected chi connectivity index (χ1v) is 12.6. The molecule has 0 radical (unpaired) electrons. The molecule has 0 saturated carbocycles. The molecule has 0 aliphatic heterocycles. The van der Waals surface area contributed by atoms with Gasteiger partial charge in [-0.05, 0) is 60.6 Å². The van der Waals surface area contributed by atoms with Crippen molar-refractivity contribution >= 4 is 29.7 Å². The van der Waals surface area contributed by atoms with Crippen LogP contribution in [0.5, 0.6) is 0 Å². The van der Waals surface area contributed by atoms with Crippen LogP contribution in [-0.4, -0.2) is 24.9 Å². The predicted octanol–water partition coefficient (Wildman–Crippen LogP) is 5.85. The van der Waals surface area contributed by atoms with Crippen LogP contribution in [0.15, 0.2) is 30.3 Å². The van der Waals surface area contributed by atoms with E-state index >= 15 is 0 Å². The van der Waals surface area contributed by atoms with Crippen LogP contribution in [0.1, 0.15) is 64.5 Å². The molecular weight excluding hydrogens is 382 g/mol. The van der Waals surface area contributed by atoms with Gasteiger partial charge in [0.15, 0.2) is 0 Å². The minimum Gasteiger partial charge on any atom is -0.264 e. The predicted molar refractivity (Wildman–Crippen MR) is 129 cm³/mol. The fourth-order valence-electron chi connectivity index (χ4n) is 3.48. The molecule has 0 fully saturated rings. The highest BCUT2D eigenvalue weighted by atomic mass is 32.2. The zero-order valence-electron chi connectivity index (χ0n) is 18.1. The zero-order chi connectivity index (χ0) is 20.2. The minimum atomic E-state index is 0.653. The molecule has 3 nitrogen and oxygen atoms in total. The van der Waals surface area contributed by atoms with Crippen molar-refractivity contribution in [3.05, 3.63) is 41.5 Å². The second kappa shape index (κ2) is 13.7. The molecule has 2 unspecified atom stereocenters. The molecule has 0 heterocycles. The van der Waals surface area contributed by atoms with Gasteiger partial charge in [0.2, 0.25) is 0 Å². The standard InChI is InChI=1S/C23H39N3S2/c1-5-15-24-28-25-16-14-20-6-8-22(9-7-20)23-12-10-21(11-13-23)19(4)17-26-27-18(2)3/h6-9,12,18-19,21,24-26H,5,10-11,13-17H2,1-4H3. The molecule has 0 bridgehead atoms. The second-order valence-electron chi connectivity index (χ2n) is 8.09. The van der Waals surface area contributed by atoms with Gasteiger partial charge >= 0.3 is 0 Å². The number of rotatable bonds is 13. The highest BCUT2D eigenvalue weighted by molar-refractivity contribution is 7.98. The summed E-state index contributed by atoms with van der Waals surface area (Å²) in [6, 6.07) is 9.22. The van der Waals surface area contributed by atoms with Crippen molar-refractivity contribution in [3.63, 3.8) is 0 Å². The Balaban J connectivity index is 1.73. The molecule has 0 saturated heterocycles. The van der Waals surface area contributed by atoms with Crippen LogP contribution in [-0.2, 0) is 6.42 Å². The summed E-state index contributed by atoms with van der Waals surface area (Å²) in [6.07, 6.45) is 8.48. The summed E-state index contributed by atoms with van der Waals surface area (Å²) < 4.78 is 10.2. The van der Waals surface area contributed by atoms with Crippen molar-refractivity contribution in [3.8, 4) is 0 Å². The number of nitrogens with one attached hydrogen (secondary N) is 3. The summed E-state index contributed by atoms with van der Waals surface area (Å²) in [6.45, 7) is 12.2. The molecular formula is C23H39N3S2. The van der Waals surface area contributed by atoms with Gasteiger partial charge in [-0.1, -0.05) is 70.0 Å². The Morgan fingerprint density at radius 2 is 1.79 bits per heavy atom. The lowest BCUT2D eigenvalue weighted by Crippen LogP contribution is -2.24. The van der Waals surface area contributed by atoms with Crippen LogP contribution < -0.4 is 14.2 Å². The van der Waals surface area contributed by atoms with E-state index in [1.165, 1.54) is 42.4 Å². The second-order valence-corrected chi connectivity index (χ2v) is 10.3. The maximum absolute atomic E-state index is 3.55. The molecule has 0 aromatic heterocycles. The van der Waals surface area contributed by atoms with Crippen molar-refractivity contribution in [2.45, 2.75) is 65.0 Å². The third-order valence-corrected chi connectivity index (χ3v) is 6.82. The van der Waals surface area contributed by atoms with E-state index in [1.54, 1.807) is 12.1 Å². The first-order chi connectivity index (χ1) is 13.6. The van der Waals surface area contributed by atoms with Crippen molar-refractivity contribution in [1.29, 1.82) is 0 Å². The number of hydrogen-bond acceptors (Lipinski definition) is 5. The van der Waals surface area contributed by atoms with E-state index in [0.717, 1.165) is 37.9 Å². The van der Waals surface area contributed by atoms with Gasteiger partial charge in [-0.25, -0.2) is 0 Å². The van der Waals surface area contributed by atoms with Crippen molar-refractivity contribution in [2.75, 3.05) is 19.6 Å². The fourth-order valence-corrected chi connectivity index (χ4v) is 4.79. The van der Waals surface area contributed by atoms with E-state index in [-0.39, 0.29) is 0 Å². The molecule has 0 amide bonds. The van der Waals surface area contributed by atoms with Crippen LogP contribution in [0.25, 0.3) is 5.57 Å². The van der Waals surface area contributed by atoms with Crippen molar-refractivity contribution in [1.82, 2.24) is 14.2 Å². The number of benzene rings is 1. The van der Waals surface area contributed by atoms with Crippen LogP contribution >= 0.6 is 24.1 Å². The van der Waals surface area contributed by atoms with Gasteiger partial charge in [-0.2, -0.15) is 0 Å². The minimum absolute atomic E-state index is 0.653. The van der Waals surface area contributed by atoms with Gasteiger partial charge in [0.05, 0.1) is 0 Å². The third kappa shape index (κ3) is 8.91. The molecule has 3 N–H and O–H groups in total. The average molecular weight is 422 g/mol. The van der Waals surface area contributed by atoms with Gasteiger partial charge in [-0.15, -0.1) is 0 Å². The topological polar surface area (TPSA) is 36.1 Å². The van der Waals surface area contributed by atoms with E-state index in [1.807, 2.05) is 11.9 Å². The maximum atomic E-state index is 3.55. The van der Waals surface area contributed by atoms with E-state index in [4.69, 9.17) is 0 Å². The van der Waals surface area contributed by atoms with Crippen LogP contribution in [0.3, 0.4) is 0 Å². The van der Waals surface area contributed by atoms with Gasteiger partial charge < -0.3 is 0 Å². The lowest BCUT2D eigenvalue weighted by atomic mass is 9.80. The molecule has 1 aliphatic rings. The average Bonchev–Trinajstić information content (AvgIpc) is 2.71. The van der Waals surface area contributed by atoms with E-state index in [0.29, 0.717) is 5.25 Å². The smallest absolute Gasteiger partial charge is 0.0136 e. The first-order valence-electron chi connectivity index (χ1n) is 10.9. The van der Waals surface area contributed by atoms with Crippen LogP contribution in [0, 0.1) is 11.8 Å². The molecule has 2 rings (SSSR count). The summed E-state index contributed by atoms with van der Waals surface area (Å²) in [4.78, 5) is 0. The van der Waals surface area contributed by atoms with E-state index < -0.39 is 0 Å². The monoisotopic (exact) mass is 421 g/mol. The third-order valence-electron chi connectivity index (χ3n) is 5.32. The molecule has 1 aromatic carbocycles. The summed E-state index contributed by atoms with van der Waals surface area (Å²) in [7, 11) is 0. The summed E-state index contributed by atoms with van der Waals surface area (Å²) in [5.41, 5.74) is 4.36. The summed E-state index contributed by atoms with van der Waals surface area (Å²) >= 11 is 3.47. The molecule has 28 heavy (non-hydrogen) atoms. The molecule has 1 aromatic rings. The normalized spacial score (nSPS) is 18.3. The Bertz CT molecular complexity index is 572. The molecule has 0 spiro atoms. The Morgan fingerprint density at radius 1 is 1.04 bits per heavy atom. The van der Waals surface area contributed by atoms with Crippen LogP contribution in [0.4, 0.5) is 0 Å². The number of allylic oxidation sites excluding steroid dienone is 2. The van der Waals surface area contributed by atoms with E-state index in [2.05, 4.69) is 72.2 Å². The quantitative estimate of drug-likeness (QED) is 0.275. The zero-order valence-corrected chi connectivity index (χ0v) is 19.7. The highest BCUT2D eigenvalue weighted by Crippen LogP contribution is 2.34. The lowest BCUT2D eigenvalue weighted by molar-refractivity contribution is 0.336. The SMILES string of the molecule is CCCNSNCCc1ccc(C2=CCC(C(C)CNSC(C)C)CC2)cc1. The molecule has 158 valence electrons. The Kier molecular flexibility index (Phi) is 11.7. The Labute approximate surface area is 181 Å². The van der Waals surface area contributed by atoms with Crippen LogP contribution in [0.2, 0.25) is 0 Å². The molecule has 1 aliphatic carbocycles. The molecule has 5 heteroatoms. The fraction of sp³-hybridized carbons (Fsp3) is 0.652. The Morgan fingerprint density at radius 3 is 2.43 bits per heavy atom. The van der Waals surface area contributed by atoms with Gasteiger partial charge in [0, 0.05) is 37.0 Å². The maximum Gasteiger partial charge on any atom is 0.0136 e. The first kappa shape index (κ1) is 23.8. The van der Waals surface area contributed by atoms with Gasteiger partial charge in [-0.3, -0.25) is 14.2 Å². The van der Waals surface area contributed by atoms with Crippen molar-refractivity contribution in [2.24, 2.45) is 11.8 Å². The summed E-state index contributed by atoms with van der Waals surface area (Å²) in [5, 5.41) is 0.653. The number of hydrogen-bond donors (Lipinski definition) is 3.